The molecule has 0 heterocycles. The van der Waals surface area contributed by atoms with Crippen molar-refractivity contribution in [2.75, 3.05) is 6.54 Å². The molecule has 1 aliphatic carbocycles. The largest absolute Gasteiger partial charge is 0.573 e. The summed E-state index contributed by atoms with van der Waals surface area (Å²) in [4.78, 5) is 0. The van der Waals surface area contributed by atoms with Gasteiger partial charge in [-0.1, -0.05) is 22.0 Å². The van der Waals surface area contributed by atoms with E-state index in [2.05, 4.69) is 32.4 Å². The molecule has 1 fully saturated rings. The quantitative estimate of drug-likeness (QED) is 0.822. The molecule has 0 amide bonds. The van der Waals surface area contributed by atoms with E-state index in [9.17, 15) is 13.2 Å². The second-order valence-electron chi connectivity index (χ2n) is 5.14. The molecule has 1 N–H and O–H groups in total. The van der Waals surface area contributed by atoms with Gasteiger partial charge in [-0.3, -0.25) is 0 Å². The summed E-state index contributed by atoms with van der Waals surface area (Å²) in [7, 11) is 0. The van der Waals surface area contributed by atoms with Crippen LogP contribution in [0.2, 0.25) is 0 Å². The fraction of sp³-hybridized carbons (Fsp3) is 0.533. The van der Waals surface area contributed by atoms with Gasteiger partial charge in [0.2, 0.25) is 0 Å². The summed E-state index contributed by atoms with van der Waals surface area (Å²) in [5, 5.41) is 3.41. The number of hydrogen-bond donors (Lipinski definition) is 1. The lowest BCUT2D eigenvalue weighted by molar-refractivity contribution is -0.274. The molecule has 117 valence electrons. The Kier molecular flexibility index (Phi) is 5.93. The Labute approximate surface area is 131 Å². The molecule has 2 rings (SSSR count). The first-order chi connectivity index (χ1) is 9.94. The molecule has 0 bridgehead atoms. The normalized spacial score (nSPS) is 17.0. The molecule has 6 heteroatoms. The molecule has 0 saturated heterocycles. The zero-order valence-corrected chi connectivity index (χ0v) is 13.1. The highest BCUT2D eigenvalue weighted by molar-refractivity contribution is 9.10. The number of ether oxygens (including phenoxy) is 1. The van der Waals surface area contributed by atoms with Crippen LogP contribution in [0.3, 0.4) is 0 Å². The molecule has 0 atom stereocenters. The minimum absolute atomic E-state index is 0.129. The van der Waals surface area contributed by atoms with Crippen LogP contribution >= 0.6 is 15.9 Å². The summed E-state index contributed by atoms with van der Waals surface area (Å²) in [6.07, 6.45) is 2.55. The number of nitrogens with one attached hydrogen (secondary N) is 1. The van der Waals surface area contributed by atoms with E-state index in [0.29, 0.717) is 29.0 Å². The van der Waals surface area contributed by atoms with E-state index >= 15 is 0 Å². The molecule has 1 aliphatic rings. The zero-order chi connectivity index (χ0) is 15.3. The van der Waals surface area contributed by atoms with Crippen molar-refractivity contribution >= 4 is 15.9 Å². The van der Waals surface area contributed by atoms with Crippen molar-refractivity contribution in [2.45, 2.75) is 44.5 Å². The Balaban J connectivity index is 1.92. The monoisotopic (exact) mass is 364 g/mol. The van der Waals surface area contributed by atoms with Crippen molar-refractivity contribution in [1.29, 1.82) is 0 Å². The Morgan fingerprint density at radius 1 is 1.24 bits per heavy atom. The number of rotatable bonds is 5. The maximum Gasteiger partial charge on any atom is 0.573 e. The van der Waals surface area contributed by atoms with Gasteiger partial charge < -0.3 is 10.1 Å². The van der Waals surface area contributed by atoms with Gasteiger partial charge in [0.15, 0.2) is 0 Å². The van der Waals surface area contributed by atoms with Crippen molar-refractivity contribution in [2.24, 2.45) is 0 Å². The predicted molar refractivity (Wildman–Crippen MR) is 79.1 cm³/mol. The summed E-state index contributed by atoms with van der Waals surface area (Å²) in [5.74, 6) is -0.129. The molecule has 1 saturated carbocycles. The van der Waals surface area contributed by atoms with Gasteiger partial charge in [-0.2, -0.15) is 0 Å². The average Bonchev–Trinajstić information content (AvgIpc) is 2.41. The zero-order valence-electron chi connectivity index (χ0n) is 11.5. The lowest BCUT2D eigenvalue weighted by Crippen LogP contribution is -2.32. The van der Waals surface area contributed by atoms with Crippen molar-refractivity contribution < 1.29 is 17.9 Å². The number of halogens is 4. The van der Waals surface area contributed by atoms with Crippen LogP contribution in [-0.4, -0.2) is 18.9 Å². The maximum absolute atomic E-state index is 12.4. The molecule has 2 nitrogen and oxygen atoms in total. The fourth-order valence-electron chi connectivity index (χ4n) is 2.50. The molecular formula is C15H18BrF3NO. The van der Waals surface area contributed by atoms with Gasteiger partial charge in [-0.15, -0.1) is 13.2 Å². The van der Waals surface area contributed by atoms with Gasteiger partial charge in [0.25, 0.3) is 0 Å². The highest BCUT2D eigenvalue weighted by atomic mass is 79.9. The third-order valence-corrected chi connectivity index (χ3v) is 4.01. The third kappa shape index (κ3) is 5.87. The van der Waals surface area contributed by atoms with Crippen LogP contribution in [0.5, 0.6) is 5.75 Å². The molecule has 0 aromatic heterocycles. The topological polar surface area (TPSA) is 21.3 Å². The van der Waals surface area contributed by atoms with E-state index in [1.165, 1.54) is 6.07 Å². The Hall–Kier alpha value is -0.750. The van der Waals surface area contributed by atoms with Crippen molar-refractivity contribution in [3.8, 4) is 5.75 Å². The van der Waals surface area contributed by atoms with Gasteiger partial charge in [-0.25, -0.2) is 0 Å². The van der Waals surface area contributed by atoms with Crippen LogP contribution in [0.1, 0.15) is 31.2 Å². The van der Waals surface area contributed by atoms with Crippen molar-refractivity contribution in [1.82, 2.24) is 5.32 Å². The summed E-state index contributed by atoms with van der Waals surface area (Å²) < 4.78 is 41.9. The lowest BCUT2D eigenvalue weighted by atomic mass is 9.95. The van der Waals surface area contributed by atoms with Crippen LogP contribution in [0.4, 0.5) is 13.2 Å². The first kappa shape index (κ1) is 16.6. The van der Waals surface area contributed by atoms with Crippen LogP contribution in [0.15, 0.2) is 22.7 Å². The SMILES string of the molecule is FC(F)(F)Oc1cc(Br)ccc1CCNC1CC[CH]CC1. The van der Waals surface area contributed by atoms with E-state index in [0.717, 1.165) is 25.7 Å². The molecule has 0 spiro atoms. The van der Waals surface area contributed by atoms with Crippen LogP contribution < -0.4 is 10.1 Å². The fourth-order valence-corrected chi connectivity index (χ4v) is 2.84. The maximum atomic E-state index is 12.4. The van der Waals surface area contributed by atoms with E-state index in [-0.39, 0.29) is 5.75 Å². The first-order valence-corrected chi connectivity index (χ1v) is 7.82. The van der Waals surface area contributed by atoms with Gasteiger partial charge >= 0.3 is 6.36 Å². The van der Waals surface area contributed by atoms with E-state index in [1.807, 2.05) is 0 Å². The molecule has 0 unspecified atom stereocenters. The molecular weight excluding hydrogens is 347 g/mol. The first-order valence-electron chi connectivity index (χ1n) is 7.03. The van der Waals surface area contributed by atoms with Crippen LogP contribution in [0.25, 0.3) is 0 Å². The highest BCUT2D eigenvalue weighted by Gasteiger charge is 2.32. The van der Waals surface area contributed by atoms with Crippen LogP contribution in [-0.2, 0) is 6.42 Å². The van der Waals surface area contributed by atoms with Gasteiger partial charge in [0.1, 0.15) is 5.75 Å². The minimum Gasteiger partial charge on any atom is -0.405 e. The Morgan fingerprint density at radius 3 is 2.62 bits per heavy atom. The van der Waals surface area contributed by atoms with Crippen LogP contribution in [0, 0.1) is 6.42 Å². The second-order valence-corrected chi connectivity index (χ2v) is 6.06. The smallest absolute Gasteiger partial charge is 0.405 e. The standard InChI is InChI=1S/C15H18BrF3NO/c16-12-7-6-11(14(10-12)21-15(17,18)19)8-9-20-13-4-2-1-3-5-13/h1,6-7,10,13,20H,2-5,8-9H2. The van der Waals surface area contributed by atoms with E-state index in [4.69, 9.17) is 0 Å². The molecule has 21 heavy (non-hydrogen) atoms. The lowest BCUT2D eigenvalue weighted by Gasteiger charge is -2.23. The van der Waals surface area contributed by atoms with E-state index in [1.54, 1.807) is 12.1 Å². The molecule has 1 radical (unpaired) electrons. The van der Waals surface area contributed by atoms with Crippen molar-refractivity contribution in [3.05, 3.63) is 34.7 Å². The summed E-state index contributed by atoms with van der Waals surface area (Å²) in [5.41, 5.74) is 0.561. The third-order valence-electron chi connectivity index (χ3n) is 3.52. The molecule has 0 aliphatic heterocycles. The Bertz CT molecular complexity index is 459. The van der Waals surface area contributed by atoms with Gasteiger partial charge in [-0.05, 0) is 62.8 Å². The Morgan fingerprint density at radius 2 is 1.95 bits per heavy atom. The molecule has 1 aromatic carbocycles. The second kappa shape index (κ2) is 7.49. The number of hydrogen-bond acceptors (Lipinski definition) is 2. The number of benzene rings is 1. The summed E-state index contributed by atoms with van der Waals surface area (Å²) in [6.45, 7) is 0.653. The molecule has 1 aromatic rings. The van der Waals surface area contributed by atoms with E-state index < -0.39 is 6.36 Å². The minimum atomic E-state index is -4.66. The van der Waals surface area contributed by atoms with Gasteiger partial charge in [0.05, 0.1) is 0 Å². The summed E-state index contributed by atoms with van der Waals surface area (Å²) in [6, 6.07) is 5.23. The summed E-state index contributed by atoms with van der Waals surface area (Å²) >= 11 is 3.17. The predicted octanol–water partition coefficient (Wildman–Crippen LogP) is 4.63. The van der Waals surface area contributed by atoms with Crippen molar-refractivity contribution in [3.63, 3.8) is 0 Å². The van der Waals surface area contributed by atoms with Gasteiger partial charge in [0, 0.05) is 10.5 Å². The number of alkyl halides is 3. The highest BCUT2D eigenvalue weighted by Crippen LogP contribution is 2.29. The average molecular weight is 365 g/mol.